The minimum Gasteiger partial charge on any atom is -0.493 e. The summed E-state index contributed by atoms with van der Waals surface area (Å²) in [4.78, 5) is 28.4. The Morgan fingerprint density at radius 2 is 1.57 bits per heavy atom. The molecule has 2 aromatic heterocycles. The second-order valence-corrected chi connectivity index (χ2v) is 9.41. The van der Waals surface area contributed by atoms with Gasteiger partial charge >= 0.3 is 5.97 Å². The molecule has 0 unspecified atom stereocenters. The monoisotopic (exact) mass is 567 g/mol. The smallest absolute Gasteiger partial charge is 0.344 e. The van der Waals surface area contributed by atoms with E-state index in [0.29, 0.717) is 5.75 Å². The minimum atomic E-state index is -4.22. The molecular weight excluding hydrogens is 542 g/mol. The fourth-order valence-corrected chi connectivity index (χ4v) is 4.31. The van der Waals surface area contributed by atoms with Gasteiger partial charge in [0.15, 0.2) is 29.7 Å². The van der Waals surface area contributed by atoms with Crippen LogP contribution in [0.25, 0.3) is 11.6 Å². The second-order valence-electron chi connectivity index (χ2n) is 7.73. The van der Waals surface area contributed by atoms with Crippen LogP contribution >= 0.6 is 0 Å². The molecule has 0 aliphatic carbocycles. The lowest BCUT2D eigenvalue weighted by atomic mass is 10.3. The van der Waals surface area contributed by atoms with E-state index in [9.17, 15) is 13.2 Å². The molecule has 0 atom stereocenters. The summed E-state index contributed by atoms with van der Waals surface area (Å²) in [7, 11) is -1.40. The van der Waals surface area contributed by atoms with Crippen LogP contribution in [0, 0.1) is 0 Å². The van der Waals surface area contributed by atoms with E-state index in [4.69, 9.17) is 23.7 Å². The molecule has 14 heteroatoms. The van der Waals surface area contributed by atoms with E-state index >= 15 is 0 Å². The van der Waals surface area contributed by atoms with Crippen molar-refractivity contribution in [1.29, 1.82) is 0 Å². The Morgan fingerprint density at radius 3 is 2.23 bits per heavy atom. The van der Waals surface area contributed by atoms with Crippen molar-refractivity contribution in [2.75, 3.05) is 32.2 Å². The third-order valence-electron chi connectivity index (χ3n) is 5.10. The van der Waals surface area contributed by atoms with Gasteiger partial charge in [-0.05, 0) is 49.4 Å². The molecule has 0 radical (unpaired) electrons. The highest BCUT2D eigenvalue weighted by Crippen LogP contribution is 2.41. The normalized spacial score (nSPS) is 10.9. The molecule has 0 saturated heterocycles. The first-order valence-corrected chi connectivity index (χ1v) is 13.3. The number of nitrogens with one attached hydrogen (secondary N) is 1. The van der Waals surface area contributed by atoms with Crippen LogP contribution in [0.4, 0.5) is 5.82 Å². The molecule has 40 heavy (non-hydrogen) atoms. The lowest BCUT2D eigenvalue weighted by molar-refractivity contribution is -0.145. The molecule has 13 nitrogen and oxygen atoms in total. The van der Waals surface area contributed by atoms with Crippen molar-refractivity contribution in [3.8, 4) is 40.5 Å². The van der Waals surface area contributed by atoms with Gasteiger partial charge in [0.1, 0.15) is 5.75 Å². The predicted octanol–water partition coefficient (Wildman–Crippen LogP) is 3.49. The first kappa shape index (κ1) is 28.0. The van der Waals surface area contributed by atoms with Crippen molar-refractivity contribution in [1.82, 2.24) is 19.9 Å². The van der Waals surface area contributed by atoms with Crippen LogP contribution in [0.2, 0.25) is 0 Å². The standard InChI is InChI=1S/C26H25N5O8S/c1-4-37-21(32)16-38-17-10-12-18(13-11-17)40(33,34)31-23-22(39-20-9-6-5-8-19(20)35-2)26(36-3)30-25(29-23)24-27-14-7-15-28-24/h5-15H,4,16H2,1-3H3,(H,29,30,31). The highest BCUT2D eigenvalue weighted by atomic mass is 32.2. The van der Waals surface area contributed by atoms with Crippen LogP contribution in [0.15, 0.2) is 71.9 Å². The molecule has 1 N–H and O–H groups in total. The molecular formula is C26H25N5O8S. The molecule has 0 saturated carbocycles. The summed E-state index contributed by atoms with van der Waals surface area (Å²) < 4.78 is 56.2. The van der Waals surface area contributed by atoms with Crippen LogP contribution in [0.1, 0.15) is 6.92 Å². The van der Waals surface area contributed by atoms with Crippen molar-refractivity contribution < 1.29 is 36.9 Å². The summed E-state index contributed by atoms with van der Waals surface area (Å²) in [5, 5.41) is 0. The largest absolute Gasteiger partial charge is 0.493 e. The minimum absolute atomic E-state index is 0.00904. The van der Waals surface area contributed by atoms with Gasteiger partial charge < -0.3 is 23.7 Å². The topological polar surface area (TPSA) is 161 Å². The van der Waals surface area contributed by atoms with Crippen molar-refractivity contribution in [2.45, 2.75) is 11.8 Å². The van der Waals surface area contributed by atoms with Crippen molar-refractivity contribution in [2.24, 2.45) is 0 Å². The van der Waals surface area contributed by atoms with Gasteiger partial charge in [-0.25, -0.2) is 28.2 Å². The third kappa shape index (κ3) is 6.71. The van der Waals surface area contributed by atoms with E-state index < -0.39 is 16.0 Å². The molecule has 0 fully saturated rings. The third-order valence-corrected chi connectivity index (χ3v) is 6.46. The predicted molar refractivity (Wildman–Crippen MR) is 142 cm³/mol. The fourth-order valence-electron chi connectivity index (χ4n) is 3.30. The molecule has 0 spiro atoms. The van der Waals surface area contributed by atoms with E-state index in [0.717, 1.165) is 0 Å². The second kappa shape index (κ2) is 12.7. The Hall–Kier alpha value is -4.98. The molecule has 2 heterocycles. The average Bonchev–Trinajstić information content (AvgIpc) is 2.97. The SMILES string of the molecule is CCOC(=O)COc1ccc(S(=O)(=O)Nc2nc(-c3ncccn3)nc(OC)c2Oc2ccccc2OC)cc1. The van der Waals surface area contributed by atoms with E-state index in [1.54, 1.807) is 37.3 Å². The average molecular weight is 568 g/mol. The summed E-state index contributed by atoms with van der Waals surface area (Å²) in [6.07, 6.45) is 2.99. The number of para-hydroxylation sites is 2. The number of ether oxygens (including phenoxy) is 5. The number of benzene rings is 2. The summed E-state index contributed by atoms with van der Waals surface area (Å²) >= 11 is 0. The van der Waals surface area contributed by atoms with E-state index in [1.165, 1.54) is 50.9 Å². The van der Waals surface area contributed by atoms with Crippen LogP contribution in [-0.4, -0.2) is 61.8 Å². The summed E-state index contributed by atoms with van der Waals surface area (Å²) in [6.45, 7) is 1.59. The number of anilines is 1. The molecule has 0 bridgehead atoms. The maximum Gasteiger partial charge on any atom is 0.344 e. The van der Waals surface area contributed by atoms with Gasteiger partial charge in [0, 0.05) is 12.4 Å². The quantitative estimate of drug-likeness (QED) is 0.249. The number of rotatable bonds is 12. The first-order valence-electron chi connectivity index (χ1n) is 11.8. The summed E-state index contributed by atoms with van der Waals surface area (Å²) in [5.74, 6) is 0.0693. The van der Waals surface area contributed by atoms with E-state index in [2.05, 4.69) is 24.7 Å². The molecule has 0 aliphatic rings. The number of carbonyl (C=O) groups is 1. The Kier molecular flexibility index (Phi) is 8.91. The molecule has 4 aromatic rings. The Balaban J connectivity index is 1.71. The molecule has 0 amide bonds. The fraction of sp³-hybridized carbons (Fsp3) is 0.192. The van der Waals surface area contributed by atoms with Gasteiger partial charge in [0.25, 0.3) is 15.9 Å². The number of esters is 1. The number of methoxy groups -OCH3 is 2. The van der Waals surface area contributed by atoms with Crippen molar-refractivity contribution in [3.05, 3.63) is 67.0 Å². The van der Waals surface area contributed by atoms with E-state index in [1.807, 2.05) is 0 Å². The molecule has 4 rings (SSSR count). The molecule has 208 valence electrons. The zero-order chi connectivity index (χ0) is 28.5. The number of hydrogen-bond donors (Lipinski definition) is 1. The zero-order valence-corrected chi connectivity index (χ0v) is 22.5. The maximum atomic E-state index is 13.4. The van der Waals surface area contributed by atoms with Gasteiger partial charge in [0.2, 0.25) is 11.6 Å². The van der Waals surface area contributed by atoms with E-state index in [-0.39, 0.29) is 58.7 Å². The maximum absolute atomic E-state index is 13.4. The first-order chi connectivity index (χ1) is 19.3. The van der Waals surface area contributed by atoms with Gasteiger partial charge in [-0.15, -0.1) is 0 Å². The van der Waals surface area contributed by atoms with Gasteiger partial charge in [0.05, 0.1) is 25.7 Å². The Labute approximate surface area is 230 Å². The van der Waals surface area contributed by atoms with Gasteiger partial charge in [-0.3, -0.25) is 4.72 Å². The highest BCUT2D eigenvalue weighted by molar-refractivity contribution is 7.92. The number of sulfonamides is 1. The van der Waals surface area contributed by atoms with Crippen LogP contribution in [0.3, 0.4) is 0 Å². The van der Waals surface area contributed by atoms with Crippen molar-refractivity contribution in [3.63, 3.8) is 0 Å². The van der Waals surface area contributed by atoms with Crippen LogP contribution in [0.5, 0.6) is 28.9 Å². The highest BCUT2D eigenvalue weighted by Gasteiger charge is 2.25. The number of nitrogens with zero attached hydrogens (tertiary/aromatic N) is 4. The summed E-state index contributed by atoms with van der Waals surface area (Å²) in [6, 6.07) is 13.8. The summed E-state index contributed by atoms with van der Waals surface area (Å²) in [5.41, 5.74) is 0. The number of carbonyl (C=O) groups excluding carboxylic acids is 1. The van der Waals surface area contributed by atoms with Crippen molar-refractivity contribution >= 4 is 21.8 Å². The molecule has 0 aliphatic heterocycles. The molecule has 2 aromatic carbocycles. The Morgan fingerprint density at radius 1 is 0.875 bits per heavy atom. The Bertz CT molecular complexity index is 1570. The van der Waals surface area contributed by atoms with Gasteiger partial charge in [-0.1, -0.05) is 12.1 Å². The lowest BCUT2D eigenvalue weighted by Gasteiger charge is -2.17. The number of hydrogen-bond acceptors (Lipinski definition) is 12. The van der Waals surface area contributed by atoms with Crippen LogP contribution in [-0.2, 0) is 19.6 Å². The lowest BCUT2D eigenvalue weighted by Crippen LogP contribution is -2.16. The zero-order valence-electron chi connectivity index (χ0n) is 21.7. The van der Waals surface area contributed by atoms with Gasteiger partial charge in [-0.2, -0.15) is 4.98 Å². The number of aromatic nitrogens is 4. The van der Waals surface area contributed by atoms with Crippen LogP contribution < -0.4 is 23.7 Å².